The van der Waals surface area contributed by atoms with Crippen LogP contribution in [0.5, 0.6) is 0 Å². The summed E-state index contributed by atoms with van der Waals surface area (Å²) in [5.74, 6) is 2.77. The second kappa shape index (κ2) is 12.6. The molecule has 0 spiro atoms. The molecule has 33 heavy (non-hydrogen) atoms. The molecule has 0 amide bonds. The van der Waals surface area contributed by atoms with Gasteiger partial charge in [0.05, 0.1) is 11.4 Å². The van der Waals surface area contributed by atoms with Gasteiger partial charge in [-0.15, -0.1) is 12.4 Å². The molecular formula is C25H32Cl2F3N3. The third-order valence-corrected chi connectivity index (χ3v) is 6.49. The van der Waals surface area contributed by atoms with Crippen molar-refractivity contribution in [2.45, 2.75) is 38.4 Å². The van der Waals surface area contributed by atoms with Crippen molar-refractivity contribution in [3.63, 3.8) is 0 Å². The average Bonchev–Trinajstić information content (AvgIpc) is 3.38. The number of amidine groups is 1. The Kier molecular flexibility index (Phi) is 10.5. The summed E-state index contributed by atoms with van der Waals surface area (Å²) >= 11 is 6.19. The van der Waals surface area contributed by atoms with E-state index in [1.807, 2.05) is 36.2 Å². The van der Waals surface area contributed by atoms with Gasteiger partial charge in [0.15, 0.2) is 0 Å². The molecule has 3 nitrogen and oxygen atoms in total. The molecule has 2 aliphatic rings. The maximum Gasteiger partial charge on any atom is 0.416 e. The molecule has 1 aliphatic carbocycles. The van der Waals surface area contributed by atoms with Crippen LogP contribution in [0, 0.1) is 17.2 Å². The van der Waals surface area contributed by atoms with Gasteiger partial charge in [-0.2, -0.15) is 13.2 Å². The molecule has 1 saturated heterocycles. The van der Waals surface area contributed by atoms with Crippen molar-refractivity contribution in [3.8, 4) is 0 Å². The van der Waals surface area contributed by atoms with Crippen LogP contribution in [0.3, 0.4) is 0 Å². The Labute approximate surface area is 205 Å². The van der Waals surface area contributed by atoms with Gasteiger partial charge in [0.2, 0.25) is 0 Å². The molecule has 1 saturated carbocycles. The summed E-state index contributed by atoms with van der Waals surface area (Å²) in [4.78, 5) is 4.61. The van der Waals surface area contributed by atoms with Gasteiger partial charge >= 0.3 is 6.18 Å². The number of unbranched alkanes of at least 4 members (excludes halogenated alkanes) is 1. The standard InChI is InChI=1S/C18H26ClN3.C7H5F3.ClH/c1-21(11-14-6-2-3-7-17(14)19)18(20)8-4-5-9-22-12-15-10-16(15)13-22;8-7(9,10)6-4-2-1-3-5-6;/h2-3,6-7,15-16,20H,4-5,8-13H2,1H3;1-5H;1H. The van der Waals surface area contributed by atoms with Crippen LogP contribution in [-0.2, 0) is 12.7 Å². The Balaban J connectivity index is 0.000000297. The predicted molar refractivity (Wildman–Crippen MR) is 131 cm³/mol. The van der Waals surface area contributed by atoms with Crippen molar-refractivity contribution < 1.29 is 13.2 Å². The molecule has 1 heterocycles. The van der Waals surface area contributed by atoms with Crippen LogP contribution < -0.4 is 0 Å². The molecule has 2 fully saturated rings. The van der Waals surface area contributed by atoms with Crippen LogP contribution in [-0.4, -0.2) is 42.3 Å². The summed E-state index contributed by atoms with van der Waals surface area (Å²) in [7, 11) is 1.99. The molecule has 2 atom stereocenters. The number of nitrogens with zero attached hydrogens (tertiary/aromatic N) is 2. The number of nitrogens with one attached hydrogen (secondary N) is 1. The Morgan fingerprint density at radius 1 is 1.03 bits per heavy atom. The van der Waals surface area contributed by atoms with Crippen molar-refractivity contribution in [3.05, 3.63) is 70.7 Å². The maximum absolute atomic E-state index is 11.8. The van der Waals surface area contributed by atoms with Crippen molar-refractivity contribution in [2.75, 3.05) is 26.7 Å². The second-order valence-electron chi connectivity index (χ2n) is 8.73. The van der Waals surface area contributed by atoms with E-state index in [1.165, 1.54) is 44.6 Å². The van der Waals surface area contributed by atoms with E-state index in [1.54, 1.807) is 6.07 Å². The lowest BCUT2D eigenvalue weighted by Crippen LogP contribution is -2.26. The van der Waals surface area contributed by atoms with Gasteiger partial charge in [0.1, 0.15) is 0 Å². The lowest BCUT2D eigenvalue weighted by molar-refractivity contribution is -0.137. The fourth-order valence-corrected chi connectivity index (χ4v) is 4.30. The van der Waals surface area contributed by atoms with Crippen LogP contribution in [0.1, 0.15) is 36.8 Å². The van der Waals surface area contributed by atoms with Crippen molar-refractivity contribution in [1.29, 1.82) is 5.41 Å². The van der Waals surface area contributed by atoms with E-state index in [4.69, 9.17) is 17.0 Å². The molecule has 0 aromatic heterocycles. The van der Waals surface area contributed by atoms with Gasteiger partial charge < -0.3 is 9.80 Å². The van der Waals surface area contributed by atoms with Crippen LogP contribution in [0.4, 0.5) is 13.2 Å². The first-order valence-corrected chi connectivity index (χ1v) is 11.5. The minimum absolute atomic E-state index is 0. The van der Waals surface area contributed by atoms with E-state index in [-0.39, 0.29) is 12.4 Å². The summed E-state index contributed by atoms with van der Waals surface area (Å²) in [5.41, 5.74) is 0.489. The Hall–Kier alpha value is -1.76. The molecule has 0 radical (unpaired) electrons. The second-order valence-corrected chi connectivity index (χ2v) is 9.14. The molecule has 2 aromatic rings. The largest absolute Gasteiger partial charge is 0.416 e. The summed E-state index contributed by atoms with van der Waals surface area (Å²) in [6, 6.07) is 14.2. The van der Waals surface area contributed by atoms with E-state index < -0.39 is 11.7 Å². The quantitative estimate of drug-likeness (QED) is 0.251. The molecule has 182 valence electrons. The van der Waals surface area contributed by atoms with Crippen LogP contribution >= 0.6 is 24.0 Å². The fraction of sp³-hybridized carbons (Fsp3) is 0.480. The zero-order chi connectivity index (χ0) is 23.1. The maximum atomic E-state index is 11.8. The van der Waals surface area contributed by atoms with E-state index in [0.717, 1.165) is 47.4 Å². The average molecular weight is 502 g/mol. The predicted octanol–water partition coefficient (Wildman–Crippen LogP) is 7.00. The van der Waals surface area contributed by atoms with Crippen molar-refractivity contribution in [2.24, 2.45) is 11.8 Å². The van der Waals surface area contributed by atoms with E-state index in [2.05, 4.69) is 4.90 Å². The lowest BCUT2D eigenvalue weighted by Gasteiger charge is -2.21. The van der Waals surface area contributed by atoms with Gasteiger partial charge in [-0.25, -0.2) is 0 Å². The van der Waals surface area contributed by atoms with E-state index in [9.17, 15) is 13.2 Å². The number of alkyl halides is 3. The normalized spacial score (nSPS) is 19.1. The highest BCUT2D eigenvalue weighted by molar-refractivity contribution is 6.31. The van der Waals surface area contributed by atoms with Crippen LogP contribution in [0.2, 0.25) is 5.02 Å². The lowest BCUT2D eigenvalue weighted by atomic mass is 10.1. The number of benzene rings is 2. The SMILES string of the molecule is CN(Cc1ccccc1Cl)C(=N)CCCCN1CC2CC2C1.Cl.FC(F)(F)c1ccccc1. The number of rotatable bonds is 7. The molecule has 4 rings (SSSR count). The Bertz CT molecular complexity index is 867. The summed E-state index contributed by atoms with van der Waals surface area (Å²) in [5, 5.41) is 9.00. The summed E-state index contributed by atoms with van der Waals surface area (Å²) in [6.07, 6.45) is 0.455. The molecule has 1 aliphatic heterocycles. The molecule has 2 unspecified atom stereocenters. The number of halogens is 5. The summed E-state index contributed by atoms with van der Waals surface area (Å²) in [6.45, 7) is 4.59. The highest BCUT2D eigenvalue weighted by atomic mass is 35.5. The Morgan fingerprint density at radius 2 is 1.64 bits per heavy atom. The van der Waals surface area contributed by atoms with E-state index >= 15 is 0 Å². The van der Waals surface area contributed by atoms with Gasteiger partial charge in [-0.1, -0.05) is 60.1 Å². The van der Waals surface area contributed by atoms with Gasteiger partial charge in [-0.05, 0) is 49.3 Å². The third kappa shape index (κ3) is 8.84. The number of hydrogen-bond acceptors (Lipinski definition) is 2. The zero-order valence-electron chi connectivity index (χ0n) is 18.8. The van der Waals surface area contributed by atoms with Gasteiger partial charge in [0, 0.05) is 38.1 Å². The first-order valence-electron chi connectivity index (χ1n) is 11.1. The molecular weight excluding hydrogens is 470 g/mol. The van der Waals surface area contributed by atoms with E-state index in [0.29, 0.717) is 12.4 Å². The van der Waals surface area contributed by atoms with Crippen LogP contribution in [0.25, 0.3) is 0 Å². The number of piperidine rings is 1. The first kappa shape index (κ1) is 27.5. The minimum Gasteiger partial charge on any atom is -0.359 e. The monoisotopic (exact) mass is 501 g/mol. The first-order chi connectivity index (χ1) is 15.2. The van der Waals surface area contributed by atoms with Crippen molar-refractivity contribution >= 4 is 29.8 Å². The Morgan fingerprint density at radius 3 is 2.21 bits per heavy atom. The summed E-state index contributed by atoms with van der Waals surface area (Å²) < 4.78 is 35.4. The van der Waals surface area contributed by atoms with Crippen LogP contribution in [0.15, 0.2) is 54.6 Å². The third-order valence-electron chi connectivity index (χ3n) is 6.12. The number of likely N-dealkylation sites (tertiary alicyclic amines) is 1. The molecule has 8 heteroatoms. The smallest absolute Gasteiger partial charge is 0.359 e. The molecule has 1 N–H and O–H groups in total. The van der Waals surface area contributed by atoms with Crippen molar-refractivity contribution in [1.82, 2.24) is 9.80 Å². The van der Waals surface area contributed by atoms with Gasteiger partial charge in [-0.3, -0.25) is 5.41 Å². The number of fused-ring (bicyclic) bond motifs is 1. The number of hydrogen-bond donors (Lipinski definition) is 1. The minimum atomic E-state index is -4.21. The highest BCUT2D eigenvalue weighted by Crippen LogP contribution is 2.44. The molecule has 0 bridgehead atoms. The highest BCUT2D eigenvalue weighted by Gasteiger charge is 2.44. The van der Waals surface area contributed by atoms with Gasteiger partial charge in [0.25, 0.3) is 0 Å². The molecule has 2 aromatic carbocycles. The topological polar surface area (TPSA) is 30.3 Å². The fourth-order valence-electron chi connectivity index (χ4n) is 4.10. The zero-order valence-corrected chi connectivity index (χ0v) is 20.4.